The second-order valence-electron chi connectivity index (χ2n) is 5.47. The van der Waals surface area contributed by atoms with Crippen molar-refractivity contribution in [2.24, 2.45) is 0 Å². The summed E-state index contributed by atoms with van der Waals surface area (Å²) in [5, 5.41) is 0. The Bertz CT molecular complexity index is 415. The summed E-state index contributed by atoms with van der Waals surface area (Å²) in [5.41, 5.74) is 5.60. The van der Waals surface area contributed by atoms with Gasteiger partial charge in [0.15, 0.2) is 0 Å². The molecule has 0 heterocycles. The summed E-state index contributed by atoms with van der Waals surface area (Å²) in [7, 11) is 0. The van der Waals surface area contributed by atoms with E-state index in [0.29, 0.717) is 0 Å². The quantitative estimate of drug-likeness (QED) is 0.534. The van der Waals surface area contributed by atoms with E-state index in [1.54, 1.807) is 0 Å². The largest absolute Gasteiger partial charge is 0.0683 e. The second-order valence-corrected chi connectivity index (χ2v) is 5.47. The van der Waals surface area contributed by atoms with E-state index in [2.05, 4.69) is 76.2 Å². The van der Waals surface area contributed by atoms with Gasteiger partial charge in [0.25, 0.3) is 0 Å². The Labute approximate surface area is 152 Å². The highest BCUT2D eigenvalue weighted by Gasteiger charge is 1.88. The molecule has 0 aliphatic carbocycles. The van der Waals surface area contributed by atoms with Crippen molar-refractivity contribution in [1.82, 2.24) is 0 Å². The zero-order chi connectivity index (χ0) is 18.8. The Morgan fingerprint density at radius 3 is 0.958 bits per heavy atom. The van der Waals surface area contributed by atoms with Gasteiger partial charge in [-0.05, 0) is 37.8 Å². The van der Waals surface area contributed by atoms with Crippen LogP contribution in [0, 0.1) is 13.8 Å². The van der Waals surface area contributed by atoms with Crippen LogP contribution in [0.25, 0.3) is 0 Å². The molecule has 136 valence electrons. The van der Waals surface area contributed by atoms with Gasteiger partial charge in [0.05, 0.1) is 0 Å². The third-order valence-corrected chi connectivity index (χ3v) is 3.32. The van der Waals surface area contributed by atoms with Crippen molar-refractivity contribution in [3.05, 3.63) is 70.8 Å². The molecule has 0 nitrogen and oxygen atoms in total. The molecule has 0 unspecified atom stereocenters. The van der Waals surface area contributed by atoms with Gasteiger partial charge >= 0.3 is 0 Å². The first-order chi connectivity index (χ1) is 11.7. The fourth-order valence-electron chi connectivity index (χ4n) is 2.09. The van der Waals surface area contributed by atoms with E-state index < -0.39 is 0 Å². The lowest BCUT2D eigenvalue weighted by Gasteiger charge is -1.97. The van der Waals surface area contributed by atoms with Gasteiger partial charge < -0.3 is 0 Å². The first kappa shape index (κ1) is 24.7. The summed E-state index contributed by atoms with van der Waals surface area (Å²) in [4.78, 5) is 0. The molecule has 0 saturated carbocycles. The maximum absolute atomic E-state index is 2.21. The van der Waals surface area contributed by atoms with Crippen LogP contribution in [0.5, 0.6) is 0 Å². The summed E-state index contributed by atoms with van der Waals surface area (Å²) < 4.78 is 0. The molecule has 0 fully saturated rings. The van der Waals surface area contributed by atoms with Crippen molar-refractivity contribution in [3.63, 3.8) is 0 Å². The van der Waals surface area contributed by atoms with Crippen molar-refractivity contribution in [1.29, 1.82) is 0 Å². The van der Waals surface area contributed by atoms with Crippen LogP contribution in [0.4, 0.5) is 0 Å². The number of hydrogen-bond donors (Lipinski definition) is 0. The van der Waals surface area contributed by atoms with Gasteiger partial charge in [0, 0.05) is 0 Å². The fourth-order valence-corrected chi connectivity index (χ4v) is 2.09. The molecule has 0 aromatic heterocycles. The zero-order valence-corrected chi connectivity index (χ0v) is 17.4. The minimum Gasteiger partial charge on any atom is -0.0683 e. The van der Waals surface area contributed by atoms with Crippen molar-refractivity contribution in [2.45, 2.75) is 81.1 Å². The van der Waals surface area contributed by atoms with Crippen LogP contribution in [0.1, 0.15) is 76.6 Å². The standard InChI is InChI=1S/2C10H14.2C2H6/c2*1-3-4-10-7-5-9(2)6-8-10;2*1-2/h2*5-8H,3-4H2,1-2H3;2*1-2H3. The van der Waals surface area contributed by atoms with Gasteiger partial charge in [-0.1, -0.05) is 114 Å². The van der Waals surface area contributed by atoms with Crippen molar-refractivity contribution >= 4 is 0 Å². The van der Waals surface area contributed by atoms with Crippen molar-refractivity contribution in [3.8, 4) is 0 Å². The van der Waals surface area contributed by atoms with Gasteiger partial charge in [-0.2, -0.15) is 0 Å². The van der Waals surface area contributed by atoms with Gasteiger partial charge in [-0.15, -0.1) is 0 Å². The maximum atomic E-state index is 2.21. The molecule has 0 spiro atoms. The average molecular weight is 329 g/mol. The highest BCUT2D eigenvalue weighted by Crippen LogP contribution is 2.05. The molecule has 0 heteroatoms. The Kier molecular flexibility index (Phi) is 18.3. The Balaban J connectivity index is 0. The fraction of sp³-hybridized carbons (Fsp3) is 0.500. The van der Waals surface area contributed by atoms with Crippen LogP contribution in [0.2, 0.25) is 0 Å². The molecule has 0 bridgehead atoms. The van der Waals surface area contributed by atoms with E-state index in [0.717, 1.165) is 0 Å². The Hall–Kier alpha value is -1.56. The first-order valence-corrected chi connectivity index (χ1v) is 9.76. The van der Waals surface area contributed by atoms with Crippen LogP contribution in [0.3, 0.4) is 0 Å². The molecule has 0 saturated heterocycles. The van der Waals surface area contributed by atoms with Gasteiger partial charge in [0.2, 0.25) is 0 Å². The summed E-state index contributed by atoms with van der Waals surface area (Å²) in [6.45, 7) is 16.7. The second kappa shape index (κ2) is 17.8. The van der Waals surface area contributed by atoms with E-state index >= 15 is 0 Å². The molecule has 0 amide bonds. The van der Waals surface area contributed by atoms with Gasteiger partial charge in [-0.3, -0.25) is 0 Å². The lowest BCUT2D eigenvalue weighted by molar-refractivity contribution is 0.921. The molecule has 0 radical (unpaired) electrons. The maximum Gasteiger partial charge on any atom is -0.0281 e. The molecule has 0 atom stereocenters. The molecular weight excluding hydrogens is 288 g/mol. The summed E-state index contributed by atoms with van der Waals surface area (Å²) >= 11 is 0. The third-order valence-electron chi connectivity index (χ3n) is 3.32. The summed E-state index contributed by atoms with van der Waals surface area (Å²) in [6.07, 6.45) is 4.90. The topological polar surface area (TPSA) is 0 Å². The smallest absolute Gasteiger partial charge is 0.0281 e. The average Bonchev–Trinajstić information content (AvgIpc) is 2.63. The minimum atomic E-state index is 1.21. The molecule has 0 aliphatic heterocycles. The highest BCUT2D eigenvalue weighted by molar-refractivity contribution is 5.21. The van der Waals surface area contributed by atoms with Gasteiger partial charge in [-0.25, -0.2) is 0 Å². The van der Waals surface area contributed by atoms with Crippen LogP contribution in [-0.2, 0) is 12.8 Å². The Morgan fingerprint density at radius 1 is 0.500 bits per heavy atom. The van der Waals surface area contributed by atoms with E-state index in [1.807, 2.05) is 27.7 Å². The molecule has 24 heavy (non-hydrogen) atoms. The Morgan fingerprint density at radius 2 is 0.750 bits per heavy atom. The van der Waals surface area contributed by atoms with Crippen LogP contribution < -0.4 is 0 Å². The molecular formula is C24H40. The van der Waals surface area contributed by atoms with E-state index in [4.69, 9.17) is 0 Å². The van der Waals surface area contributed by atoms with Crippen LogP contribution >= 0.6 is 0 Å². The van der Waals surface area contributed by atoms with E-state index in [-0.39, 0.29) is 0 Å². The lowest BCUT2D eigenvalue weighted by atomic mass is 10.1. The normalized spacial score (nSPS) is 8.67. The predicted molar refractivity (Wildman–Crippen MR) is 113 cm³/mol. The lowest BCUT2D eigenvalue weighted by Crippen LogP contribution is -1.81. The number of hydrogen-bond acceptors (Lipinski definition) is 0. The van der Waals surface area contributed by atoms with Crippen molar-refractivity contribution in [2.75, 3.05) is 0 Å². The predicted octanol–water partition coefficient (Wildman–Crippen LogP) is 7.95. The van der Waals surface area contributed by atoms with Crippen LogP contribution in [0.15, 0.2) is 48.5 Å². The number of rotatable bonds is 4. The monoisotopic (exact) mass is 328 g/mol. The molecule has 2 aromatic rings. The summed E-state index contributed by atoms with van der Waals surface area (Å²) in [5.74, 6) is 0. The van der Waals surface area contributed by atoms with E-state index in [1.165, 1.54) is 47.9 Å². The molecule has 2 aromatic carbocycles. The molecule has 2 rings (SSSR count). The summed E-state index contributed by atoms with van der Waals surface area (Å²) in [6, 6.07) is 17.5. The molecule has 0 N–H and O–H groups in total. The van der Waals surface area contributed by atoms with Crippen molar-refractivity contribution < 1.29 is 0 Å². The molecule has 0 aliphatic rings. The zero-order valence-electron chi connectivity index (χ0n) is 17.4. The SMILES string of the molecule is CC.CC.CCCc1ccc(C)cc1.CCCc1ccc(C)cc1. The first-order valence-electron chi connectivity index (χ1n) is 9.76. The highest BCUT2D eigenvalue weighted by atomic mass is 13.9. The number of aryl methyl sites for hydroxylation is 4. The number of benzene rings is 2. The minimum absolute atomic E-state index is 1.21. The van der Waals surface area contributed by atoms with Gasteiger partial charge in [0.1, 0.15) is 0 Å². The van der Waals surface area contributed by atoms with E-state index in [9.17, 15) is 0 Å². The van der Waals surface area contributed by atoms with Crippen LogP contribution in [-0.4, -0.2) is 0 Å². The third kappa shape index (κ3) is 12.9.